The molecule has 2 aliphatic rings. The first-order valence-corrected chi connectivity index (χ1v) is 7.33. The summed E-state index contributed by atoms with van der Waals surface area (Å²) < 4.78 is 5.43. The van der Waals surface area contributed by atoms with E-state index in [9.17, 15) is 0 Å². The minimum atomic E-state index is 0.102. The predicted octanol–water partition coefficient (Wildman–Crippen LogP) is 2.70. The highest BCUT2D eigenvalue weighted by molar-refractivity contribution is 6.18. The summed E-state index contributed by atoms with van der Waals surface area (Å²) >= 11 is 6.16. The molecule has 0 amide bonds. The third-order valence-electron chi connectivity index (χ3n) is 4.39. The molecule has 0 bridgehead atoms. The summed E-state index contributed by atoms with van der Waals surface area (Å²) in [5.74, 6) is 1.36. The van der Waals surface area contributed by atoms with Gasteiger partial charge in [-0.15, -0.1) is 11.6 Å². The number of rotatable bonds is 4. The molecule has 1 aromatic carbocycles. The molecule has 18 heavy (non-hydrogen) atoms. The first kappa shape index (κ1) is 12.5. The van der Waals surface area contributed by atoms with Gasteiger partial charge >= 0.3 is 0 Å². The third kappa shape index (κ3) is 2.29. The van der Waals surface area contributed by atoms with Crippen molar-refractivity contribution in [1.82, 2.24) is 5.32 Å². The molecule has 1 aliphatic heterocycles. The third-order valence-corrected chi connectivity index (χ3v) is 4.90. The highest BCUT2D eigenvalue weighted by atomic mass is 35.5. The van der Waals surface area contributed by atoms with Gasteiger partial charge in [0.05, 0.1) is 0 Å². The van der Waals surface area contributed by atoms with Crippen molar-refractivity contribution in [3.63, 3.8) is 0 Å². The number of benzene rings is 1. The zero-order valence-corrected chi connectivity index (χ0v) is 11.4. The number of fused-ring (bicyclic) bond motifs is 1. The summed E-state index contributed by atoms with van der Waals surface area (Å²) in [6.07, 6.45) is 3.27. The van der Waals surface area contributed by atoms with Crippen LogP contribution in [0.15, 0.2) is 24.3 Å². The highest BCUT2D eigenvalue weighted by Crippen LogP contribution is 2.35. The Bertz CT molecular complexity index is 415. The fourth-order valence-corrected chi connectivity index (χ4v) is 3.37. The van der Waals surface area contributed by atoms with Crippen molar-refractivity contribution in [2.75, 3.05) is 25.6 Å². The number of alkyl halides is 1. The molecule has 0 saturated carbocycles. The van der Waals surface area contributed by atoms with E-state index in [1.54, 1.807) is 0 Å². The molecular weight excluding hydrogens is 246 g/mol. The molecule has 1 unspecified atom stereocenters. The van der Waals surface area contributed by atoms with E-state index < -0.39 is 0 Å². The fraction of sp³-hybridized carbons (Fsp3) is 0.600. The molecule has 1 saturated heterocycles. The quantitative estimate of drug-likeness (QED) is 0.846. The van der Waals surface area contributed by atoms with Crippen LogP contribution in [0.25, 0.3) is 0 Å². The van der Waals surface area contributed by atoms with E-state index in [1.165, 1.54) is 17.5 Å². The van der Waals surface area contributed by atoms with Crippen LogP contribution in [0.2, 0.25) is 0 Å². The van der Waals surface area contributed by atoms with Crippen LogP contribution >= 0.6 is 11.6 Å². The molecular formula is C15H20ClNO. The topological polar surface area (TPSA) is 21.3 Å². The Balaban J connectivity index is 1.59. The lowest BCUT2D eigenvalue weighted by atomic mass is 9.77. The van der Waals surface area contributed by atoms with E-state index >= 15 is 0 Å². The molecule has 0 aromatic heterocycles. The Kier molecular flexibility index (Phi) is 3.60. The van der Waals surface area contributed by atoms with Gasteiger partial charge in [0.1, 0.15) is 0 Å². The van der Waals surface area contributed by atoms with Gasteiger partial charge in [-0.25, -0.2) is 0 Å². The van der Waals surface area contributed by atoms with E-state index in [1.807, 2.05) is 0 Å². The normalized spacial score (nSPS) is 25.3. The zero-order valence-electron chi connectivity index (χ0n) is 10.6. The van der Waals surface area contributed by atoms with E-state index in [4.69, 9.17) is 16.3 Å². The van der Waals surface area contributed by atoms with Crippen LogP contribution in [0, 0.1) is 0 Å². The Morgan fingerprint density at radius 1 is 1.28 bits per heavy atom. The van der Waals surface area contributed by atoms with Gasteiger partial charge < -0.3 is 10.1 Å². The van der Waals surface area contributed by atoms with Crippen LogP contribution in [-0.2, 0) is 11.2 Å². The number of hydrogen-bond donors (Lipinski definition) is 1. The molecule has 3 rings (SSSR count). The number of hydrogen-bond acceptors (Lipinski definition) is 2. The van der Waals surface area contributed by atoms with Crippen LogP contribution in [-0.4, -0.2) is 31.2 Å². The summed E-state index contributed by atoms with van der Waals surface area (Å²) in [5, 5.41) is 3.72. The first-order valence-electron chi connectivity index (χ1n) is 6.79. The zero-order chi connectivity index (χ0) is 12.4. The summed E-state index contributed by atoms with van der Waals surface area (Å²) in [6.45, 7) is 2.71. The Labute approximate surface area is 114 Å². The van der Waals surface area contributed by atoms with Crippen molar-refractivity contribution in [2.24, 2.45) is 0 Å². The Morgan fingerprint density at radius 2 is 2.06 bits per heavy atom. The van der Waals surface area contributed by atoms with Crippen molar-refractivity contribution in [1.29, 1.82) is 0 Å². The Hall–Kier alpha value is -0.570. The van der Waals surface area contributed by atoms with Crippen molar-refractivity contribution in [2.45, 2.75) is 30.7 Å². The van der Waals surface area contributed by atoms with Crippen LogP contribution in [0.5, 0.6) is 0 Å². The number of ether oxygens (including phenoxy) is 1. The lowest BCUT2D eigenvalue weighted by Gasteiger charge is -2.39. The molecule has 0 spiro atoms. The smallest absolute Gasteiger partial charge is 0.0484 e. The van der Waals surface area contributed by atoms with Gasteiger partial charge in [0.2, 0.25) is 0 Å². The second kappa shape index (κ2) is 5.20. The summed E-state index contributed by atoms with van der Waals surface area (Å²) in [6, 6.07) is 8.75. The SMILES string of the molecule is ClCC1(NCC2Cc3ccccc32)CCOCC1. The summed E-state index contributed by atoms with van der Waals surface area (Å²) in [5.41, 5.74) is 3.13. The second-order valence-corrected chi connectivity index (χ2v) is 5.77. The molecule has 98 valence electrons. The molecule has 0 radical (unpaired) electrons. The lowest BCUT2D eigenvalue weighted by molar-refractivity contribution is 0.0458. The van der Waals surface area contributed by atoms with E-state index in [-0.39, 0.29) is 5.54 Å². The van der Waals surface area contributed by atoms with Crippen LogP contribution < -0.4 is 5.32 Å². The van der Waals surface area contributed by atoms with Gasteiger partial charge in [0.25, 0.3) is 0 Å². The van der Waals surface area contributed by atoms with E-state index in [0.29, 0.717) is 11.8 Å². The van der Waals surface area contributed by atoms with Crippen molar-refractivity contribution < 1.29 is 4.74 Å². The molecule has 1 heterocycles. The molecule has 1 aromatic rings. The average molecular weight is 266 g/mol. The summed E-state index contributed by atoms with van der Waals surface area (Å²) in [4.78, 5) is 0. The largest absolute Gasteiger partial charge is 0.381 e. The maximum Gasteiger partial charge on any atom is 0.0484 e. The van der Waals surface area contributed by atoms with Crippen molar-refractivity contribution in [3.05, 3.63) is 35.4 Å². The number of halogens is 1. The highest BCUT2D eigenvalue weighted by Gasteiger charge is 2.33. The Morgan fingerprint density at radius 3 is 2.78 bits per heavy atom. The van der Waals surface area contributed by atoms with Gasteiger partial charge in [0.15, 0.2) is 0 Å². The van der Waals surface area contributed by atoms with Crippen LogP contribution in [0.3, 0.4) is 0 Å². The first-order chi connectivity index (χ1) is 8.83. The predicted molar refractivity (Wildman–Crippen MR) is 74.4 cm³/mol. The number of nitrogens with one attached hydrogen (secondary N) is 1. The molecule has 1 aliphatic carbocycles. The minimum absolute atomic E-state index is 0.102. The molecule has 2 nitrogen and oxygen atoms in total. The van der Waals surface area contributed by atoms with Crippen molar-refractivity contribution in [3.8, 4) is 0 Å². The van der Waals surface area contributed by atoms with Gasteiger partial charge in [-0.1, -0.05) is 24.3 Å². The molecule has 3 heteroatoms. The fourth-order valence-electron chi connectivity index (χ4n) is 3.00. The van der Waals surface area contributed by atoms with E-state index in [0.717, 1.165) is 32.6 Å². The maximum atomic E-state index is 6.16. The summed E-state index contributed by atoms with van der Waals surface area (Å²) in [7, 11) is 0. The lowest BCUT2D eigenvalue weighted by Crippen LogP contribution is -2.52. The molecule has 1 fully saturated rings. The van der Waals surface area contributed by atoms with Gasteiger partial charge in [-0.05, 0) is 30.4 Å². The average Bonchev–Trinajstić information content (AvgIpc) is 2.41. The maximum absolute atomic E-state index is 6.16. The van der Waals surface area contributed by atoms with E-state index in [2.05, 4.69) is 29.6 Å². The second-order valence-electron chi connectivity index (χ2n) is 5.51. The minimum Gasteiger partial charge on any atom is -0.381 e. The van der Waals surface area contributed by atoms with Gasteiger partial charge in [-0.2, -0.15) is 0 Å². The van der Waals surface area contributed by atoms with Crippen LogP contribution in [0.4, 0.5) is 0 Å². The molecule has 1 N–H and O–H groups in total. The molecule has 1 atom stereocenters. The monoisotopic (exact) mass is 265 g/mol. The standard InChI is InChI=1S/C15H20ClNO/c16-11-15(5-7-18-8-6-15)17-10-13-9-12-3-1-2-4-14(12)13/h1-4,13,17H,5-11H2. The van der Waals surface area contributed by atoms with Crippen molar-refractivity contribution >= 4 is 11.6 Å². The van der Waals surface area contributed by atoms with Gasteiger partial charge in [-0.3, -0.25) is 0 Å². The van der Waals surface area contributed by atoms with Gasteiger partial charge in [0, 0.05) is 37.1 Å². The van der Waals surface area contributed by atoms with Crippen LogP contribution in [0.1, 0.15) is 29.9 Å².